The number of amides is 1. The molecule has 1 saturated heterocycles. The van der Waals surface area contributed by atoms with Gasteiger partial charge >= 0.3 is 0 Å². The number of carbonyl (C=O) groups excluding carboxylic acids is 1. The molecule has 0 atom stereocenters. The van der Waals surface area contributed by atoms with Gasteiger partial charge in [0.2, 0.25) is 0 Å². The summed E-state index contributed by atoms with van der Waals surface area (Å²) in [5.74, 6) is -3.59. The van der Waals surface area contributed by atoms with Crippen LogP contribution in [0.2, 0.25) is 0 Å². The second-order valence-corrected chi connectivity index (χ2v) is 7.38. The topological polar surface area (TPSA) is 92.6 Å². The minimum Gasteiger partial charge on any atom is -0.333 e. The van der Waals surface area contributed by atoms with Gasteiger partial charge in [-0.2, -0.15) is 5.10 Å². The number of halogens is 3. The molecule has 0 saturated carbocycles. The molecule has 0 unspecified atom stereocenters. The first kappa shape index (κ1) is 19.2. The number of alkyl halides is 2. The minimum absolute atomic E-state index is 0.205. The van der Waals surface area contributed by atoms with Crippen molar-refractivity contribution in [3.63, 3.8) is 0 Å². The fourth-order valence-corrected chi connectivity index (χ4v) is 3.71. The monoisotopic (exact) mass is 427 g/mol. The van der Waals surface area contributed by atoms with Crippen molar-refractivity contribution < 1.29 is 18.0 Å². The summed E-state index contributed by atoms with van der Waals surface area (Å²) in [6.07, 6.45) is 4.22. The first-order chi connectivity index (χ1) is 14.9. The quantitative estimate of drug-likeness (QED) is 0.542. The van der Waals surface area contributed by atoms with E-state index in [0.717, 1.165) is 4.90 Å². The normalized spacial score (nSPS) is 16.0. The highest BCUT2D eigenvalue weighted by atomic mass is 19.3. The Kier molecular flexibility index (Phi) is 4.45. The zero-order valence-electron chi connectivity index (χ0n) is 16.1. The number of hydrogen-bond acceptors (Lipinski definition) is 5. The number of rotatable bonds is 3. The number of hydrogen-bond donors (Lipinski definition) is 1. The van der Waals surface area contributed by atoms with Crippen LogP contribution in [0.25, 0.3) is 28.1 Å². The molecule has 4 aromatic rings. The van der Waals surface area contributed by atoms with Crippen LogP contribution in [0, 0.1) is 5.82 Å². The Labute approximate surface area is 173 Å². The molecule has 0 bridgehead atoms. The van der Waals surface area contributed by atoms with Gasteiger partial charge in [-0.1, -0.05) is 0 Å². The van der Waals surface area contributed by atoms with Crippen molar-refractivity contribution in [3.05, 3.63) is 54.4 Å². The van der Waals surface area contributed by atoms with Gasteiger partial charge in [0.1, 0.15) is 12.1 Å². The highest BCUT2D eigenvalue weighted by Gasteiger charge is 2.37. The summed E-state index contributed by atoms with van der Waals surface area (Å²) in [6.45, 7) is -0.317. The van der Waals surface area contributed by atoms with Crippen molar-refractivity contribution in [2.24, 2.45) is 0 Å². The van der Waals surface area contributed by atoms with Gasteiger partial charge in [0.15, 0.2) is 11.5 Å². The third-order valence-corrected chi connectivity index (χ3v) is 5.20. The molecule has 0 radical (unpaired) electrons. The summed E-state index contributed by atoms with van der Waals surface area (Å²) < 4.78 is 43.3. The van der Waals surface area contributed by atoms with Crippen LogP contribution in [0.5, 0.6) is 0 Å². The standard InChI is InChI=1S/C20H16F3N7O/c21-16-7-14(2-3-15(16)17-25-11-26-28-17)30-18-12(9-27-30)6-13(8-24-18)19(31)29-5-1-4-20(22,23)10-29/h2-3,6-9,11H,1,4-5,10H2,(H,25,26,28). The van der Waals surface area contributed by atoms with Gasteiger partial charge in [-0.15, -0.1) is 10.2 Å². The van der Waals surface area contributed by atoms with Crippen LogP contribution in [-0.4, -0.2) is 59.8 Å². The molecule has 1 aliphatic rings. The number of aromatic amines is 1. The lowest BCUT2D eigenvalue weighted by atomic mass is 10.1. The van der Waals surface area contributed by atoms with E-state index in [-0.39, 0.29) is 30.5 Å². The Bertz CT molecular complexity index is 1270. The van der Waals surface area contributed by atoms with Crippen molar-refractivity contribution in [1.29, 1.82) is 0 Å². The van der Waals surface area contributed by atoms with Crippen molar-refractivity contribution in [2.75, 3.05) is 13.1 Å². The fourth-order valence-electron chi connectivity index (χ4n) is 3.71. The van der Waals surface area contributed by atoms with Crippen molar-refractivity contribution in [2.45, 2.75) is 18.8 Å². The first-order valence-corrected chi connectivity index (χ1v) is 9.58. The molecule has 8 nitrogen and oxygen atoms in total. The lowest BCUT2D eigenvalue weighted by Crippen LogP contribution is -2.45. The van der Waals surface area contributed by atoms with Gasteiger partial charge < -0.3 is 9.88 Å². The van der Waals surface area contributed by atoms with Gasteiger partial charge in [-0.25, -0.2) is 22.8 Å². The number of nitrogens with zero attached hydrogens (tertiary/aromatic N) is 6. The van der Waals surface area contributed by atoms with E-state index in [1.54, 1.807) is 18.2 Å². The number of carbonyl (C=O) groups is 1. The maximum Gasteiger partial charge on any atom is 0.265 e. The average molecular weight is 427 g/mol. The van der Waals surface area contributed by atoms with Gasteiger partial charge in [-0.3, -0.25) is 4.79 Å². The smallest absolute Gasteiger partial charge is 0.265 e. The molecule has 1 aromatic carbocycles. The van der Waals surface area contributed by atoms with Crippen LogP contribution in [0.3, 0.4) is 0 Å². The molecule has 0 aliphatic carbocycles. The lowest BCUT2D eigenvalue weighted by molar-refractivity contribution is -0.0560. The Balaban J connectivity index is 1.45. The van der Waals surface area contributed by atoms with E-state index < -0.39 is 24.2 Å². The predicted octanol–water partition coefficient (Wildman–Crippen LogP) is 3.22. The Morgan fingerprint density at radius 2 is 2.06 bits per heavy atom. The minimum atomic E-state index is -2.88. The molecular formula is C20H16F3N7O. The molecule has 1 amide bonds. The molecule has 1 fully saturated rings. The van der Waals surface area contributed by atoms with Crippen LogP contribution in [-0.2, 0) is 0 Å². The number of H-pyrrole nitrogens is 1. The third kappa shape index (κ3) is 3.51. The van der Waals surface area contributed by atoms with E-state index in [2.05, 4.69) is 25.3 Å². The number of benzene rings is 1. The SMILES string of the molecule is O=C(c1cnc2c(cnn2-c2ccc(-c3nnc[nH]3)c(F)c2)c1)N1CCCC(F)(F)C1. The number of nitrogens with one attached hydrogen (secondary N) is 1. The van der Waals surface area contributed by atoms with Crippen LogP contribution in [0.1, 0.15) is 23.2 Å². The average Bonchev–Trinajstić information content (AvgIpc) is 3.42. The number of piperidine rings is 1. The molecule has 1 N–H and O–H groups in total. The van der Waals surface area contributed by atoms with Crippen molar-refractivity contribution in [3.8, 4) is 17.1 Å². The highest BCUT2D eigenvalue weighted by molar-refractivity contribution is 5.97. The second kappa shape index (κ2) is 7.18. The zero-order valence-corrected chi connectivity index (χ0v) is 16.1. The second-order valence-electron chi connectivity index (χ2n) is 7.38. The zero-order chi connectivity index (χ0) is 21.6. The lowest BCUT2D eigenvalue weighted by Gasteiger charge is -2.32. The Morgan fingerprint density at radius 1 is 1.19 bits per heavy atom. The van der Waals surface area contributed by atoms with Gasteiger partial charge in [0, 0.05) is 30.6 Å². The summed E-state index contributed by atoms with van der Waals surface area (Å²) in [5, 5.41) is 12.2. The van der Waals surface area contributed by atoms with Crippen LogP contribution in [0.15, 0.2) is 43.0 Å². The molecule has 0 spiro atoms. The molecule has 1 aliphatic heterocycles. The molecular weight excluding hydrogens is 411 g/mol. The number of likely N-dealkylation sites (tertiary alicyclic amines) is 1. The predicted molar refractivity (Wildman–Crippen MR) is 104 cm³/mol. The number of pyridine rings is 1. The molecule has 3 aromatic heterocycles. The first-order valence-electron chi connectivity index (χ1n) is 9.58. The third-order valence-electron chi connectivity index (χ3n) is 5.20. The summed E-state index contributed by atoms with van der Waals surface area (Å²) in [6, 6.07) is 6.05. The summed E-state index contributed by atoms with van der Waals surface area (Å²) in [4.78, 5) is 20.8. The fraction of sp³-hybridized carbons (Fsp3) is 0.250. The maximum absolute atomic E-state index is 14.6. The highest BCUT2D eigenvalue weighted by Crippen LogP contribution is 2.28. The van der Waals surface area contributed by atoms with E-state index in [0.29, 0.717) is 22.5 Å². The molecule has 5 rings (SSSR count). The largest absolute Gasteiger partial charge is 0.333 e. The Morgan fingerprint density at radius 3 is 2.81 bits per heavy atom. The summed E-state index contributed by atoms with van der Waals surface area (Å²) in [7, 11) is 0. The van der Waals surface area contributed by atoms with E-state index in [1.807, 2.05) is 0 Å². The van der Waals surface area contributed by atoms with Crippen LogP contribution in [0.4, 0.5) is 13.2 Å². The van der Waals surface area contributed by atoms with E-state index in [1.165, 1.54) is 29.5 Å². The summed E-state index contributed by atoms with van der Waals surface area (Å²) in [5.41, 5.74) is 1.30. The molecule has 31 heavy (non-hydrogen) atoms. The van der Waals surface area contributed by atoms with Gasteiger partial charge in [0.05, 0.1) is 29.6 Å². The van der Waals surface area contributed by atoms with Gasteiger partial charge in [0.25, 0.3) is 11.8 Å². The Hall–Kier alpha value is -3.76. The maximum atomic E-state index is 14.6. The van der Waals surface area contributed by atoms with Crippen LogP contribution >= 0.6 is 0 Å². The van der Waals surface area contributed by atoms with Crippen LogP contribution < -0.4 is 0 Å². The summed E-state index contributed by atoms with van der Waals surface area (Å²) >= 11 is 0. The molecule has 158 valence electrons. The van der Waals surface area contributed by atoms with Crippen molar-refractivity contribution >= 4 is 16.9 Å². The van der Waals surface area contributed by atoms with E-state index in [4.69, 9.17) is 0 Å². The van der Waals surface area contributed by atoms with E-state index >= 15 is 0 Å². The van der Waals surface area contributed by atoms with Gasteiger partial charge in [-0.05, 0) is 24.6 Å². The van der Waals surface area contributed by atoms with E-state index in [9.17, 15) is 18.0 Å². The molecule has 11 heteroatoms. The number of fused-ring (bicyclic) bond motifs is 1. The van der Waals surface area contributed by atoms with Crippen molar-refractivity contribution in [1.82, 2.24) is 34.8 Å². The number of aromatic nitrogens is 6. The molecule has 4 heterocycles.